The summed E-state index contributed by atoms with van der Waals surface area (Å²) < 4.78 is 0. The van der Waals surface area contributed by atoms with E-state index in [1.807, 2.05) is 5.56 Å². The summed E-state index contributed by atoms with van der Waals surface area (Å²) in [4.78, 5) is 0. The Labute approximate surface area is 361 Å². The summed E-state index contributed by atoms with van der Waals surface area (Å²) in [6, 6.07) is 8.80. The molecule has 14 aliphatic carbocycles. The molecule has 320 valence electrons. The van der Waals surface area contributed by atoms with Crippen molar-refractivity contribution in [1.29, 1.82) is 0 Å². The van der Waals surface area contributed by atoms with E-state index in [1.54, 1.807) is 107 Å². The molecule has 14 saturated carbocycles. The van der Waals surface area contributed by atoms with Crippen molar-refractivity contribution in [1.82, 2.24) is 0 Å². The molecule has 0 aromatic heterocycles. The van der Waals surface area contributed by atoms with Crippen molar-refractivity contribution in [3.05, 3.63) is 34.9 Å². The lowest BCUT2D eigenvalue weighted by Gasteiger charge is -2.86. The lowest BCUT2D eigenvalue weighted by atomic mass is 9.18. The van der Waals surface area contributed by atoms with E-state index >= 15 is 0 Å². The zero-order valence-corrected chi connectivity index (χ0v) is 38.9. The lowest BCUT2D eigenvalue weighted by Crippen LogP contribution is -2.82. The quantitative estimate of drug-likeness (QED) is 0.266. The second kappa shape index (κ2) is 11.5. The molecular formula is C59H84. The minimum atomic E-state index is 0.186. The molecule has 1 aromatic rings. The Hall–Kier alpha value is -0.780. The molecule has 0 heterocycles. The standard InChI is InChI=1S/C59H84/c1-27-19-31-21-32-20-28(2)38-16-18-42-40-14-10-12-30-23-35-22-29-11-9-13-39-41-17-15-37(27)47-45(31)51-46(32)48(38)50(42)54-52(51)53(49(41)47)55(43(29)39)59(35,56(54)44(30)40)36-25-33(57(3,4)5)24-34(26-36)58(6,7)8/h24-32,35,37-56H,9-23H2,1-8H3. The highest BCUT2D eigenvalue weighted by Gasteiger charge is 2.83. The van der Waals surface area contributed by atoms with Crippen molar-refractivity contribution in [2.24, 2.45) is 160 Å². The number of rotatable bonds is 1. The summed E-state index contributed by atoms with van der Waals surface area (Å²) in [5, 5.41) is 0. The molecule has 15 rings (SSSR count). The van der Waals surface area contributed by atoms with Crippen molar-refractivity contribution in [3.8, 4) is 0 Å². The average Bonchev–Trinajstić information content (AvgIpc) is 3.21. The first-order valence-electron chi connectivity index (χ1n) is 27.5. The van der Waals surface area contributed by atoms with Gasteiger partial charge in [0.1, 0.15) is 0 Å². The van der Waals surface area contributed by atoms with Crippen LogP contribution in [-0.2, 0) is 16.2 Å². The predicted molar refractivity (Wildman–Crippen MR) is 240 cm³/mol. The molecule has 0 saturated heterocycles. The van der Waals surface area contributed by atoms with Gasteiger partial charge in [-0.25, -0.2) is 0 Å². The van der Waals surface area contributed by atoms with Crippen LogP contribution < -0.4 is 0 Å². The van der Waals surface area contributed by atoms with Crippen molar-refractivity contribution < 1.29 is 0 Å². The summed E-state index contributed by atoms with van der Waals surface area (Å²) in [6.45, 7) is 21.1. The van der Waals surface area contributed by atoms with E-state index in [0.29, 0.717) is 5.41 Å². The molecule has 0 N–H and O–H groups in total. The van der Waals surface area contributed by atoms with Crippen LogP contribution in [0.1, 0.15) is 168 Å². The van der Waals surface area contributed by atoms with Gasteiger partial charge >= 0.3 is 0 Å². The van der Waals surface area contributed by atoms with E-state index < -0.39 is 0 Å². The number of fused-ring (bicyclic) bond motifs is 2. The van der Waals surface area contributed by atoms with Gasteiger partial charge in [-0.3, -0.25) is 0 Å². The number of hydrogen-bond acceptors (Lipinski definition) is 0. The molecule has 0 aliphatic heterocycles. The Morgan fingerprint density at radius 2 is 0.814 bits per heavy atom. The highest BCUT2D eigenvalue weighted by molar-refractivity contribution is 5.46. The van der Waals surface area contributed by atoms with Gasteiger partial charge in [0.05, 0.1) is 0 Å². The van der Waals surface area contributed by atoms with E-state index in [1.165, 1.54) is 0 Å². The molecule has 24 unspecified atom stereocenters. The zero-order valence-electron chi connectivity index (χ0n) is 38.9. The van der Waals surface area contributed by atoms with Crippen LogP contribution in [0, 0.1) is 160 Å². The Balaban J connectivity index is 1.07. The second-order valence-corrected chi connectivity index (χ2v) is 29.1. The maximum Gasteiger partial charge on any atom is 0.00494 e. The predicted octanol–water partition coefficient (Wildman–Crippen LogP) is 14.2. The fourth-order valence-electron chi connectivity index (χ4n) is 26.0. The van der Waals surface area contributed by atoms with Gasteiger partial charge in [0.15, 0.2) is 0 Å². The fraction of sp³-hybridized carbons (Fsp3) is 0.898. The molecule has 0 spiro atoms. The van der Waals surface area contributed by atoms with E-state index in [2.05, 4.69) is 73.6 Å². The second-order valence-electron chi connectivity index (χ2n) is 29.1. The summed E-state index contributed by atoms with van der Waals surface area (Å²) in [5.41, 5.74) is 6.19. The summed E-state index contributed by atoms with van der Waals surface area (Å²) in [6.07, 6.45) is 24.4. The fourth-order valence-corrected chi connectivity index (χ4v) is 26.0. The third-order valence-corrected chi connectivity index (χ3v) is 26.2. The van der Waals surface area contributed by atoms with Crippen molar-refractivity contribution >= 4 is 0 Å². The van der Waals surface area contributed by atoms with E-state index in [9.17, 15) is 0 Å². The maximum atomic E-state index is 3.03. The summed E-state index contributed by atoms with van der Waals surface area (Å²) >= 11 is 0. The summed E-state index contributed by atoms with van der Waals surface area (Å²) in [5.74, 6) is 28.8. The molecule has 0 amide bonds. The van der Waals surface area contributed by atoms with Gasteiger partial charge in [-0.1, -0.05) is 99.3 Å². The minimum absolute atomic E-state index is 0.186. The van der Waals surface area contributed by atoms with Crippen molar-refractivity contribution in [2.45, 2.75) is 168 Å². The van der Waals surface area contributed by atoms with Crippen LogP contribution in [0.2, 0.25) is 0 Å². The molecule has 14 fully saturated rings. The zero-order chi connectivity index (χ0) is 39.5. The third-order valence-electron chi connectivity index (χ3n) is 26.2. The molecular weight excluding hydrogens is 709 g/mol. The number of hydrogen-bond donors (Lipinski definition) is 0. The largest absolute Gasteiger partial charge is 0.0622 e. The molecule has 0 bridgehead atoms. The Morgan fingerprint density at radius 3 is 1.29 bits per heavy atom. The SMILES string of the molecule is CC1CC2CC3CC(C)C4CCC5C6CCCC7CC8CC9CCCC%10C%11CCC1C1C2C2C3C4C5C3C2C(C%111)C(C9%10)C8(c1cc(C(C)(C)C)cc(C(C)(C)C)c1)C3C76. The van der Waals surface area contributed by atoms with Gasteiger partial charge in [0, 0.05) is 5.41 Å². The maximum absolute atomic E-state index is 3.03. The van der Waals surface area contributed by atoms with Crippen LogP contribution in [0.25, 0.3) is 0 Å². The molecule has 0 nitrogen and oxygen atoms in total. The van der Waals surface area contributed by atoms with Crippen LogP contribution in [0.5, 0.6) is 0 Å². The van der Waals surface area contributed by atoms with Crippen molar-refractivity contribution in [3.63, 3.8) is 0 Å². The number of benzene rings is 1. The van der Waals surface area contributed by atoms with Gasteiger partial charge in [0.25, 0.3) is 0 Å². The average molecular weight is 793 g/mol. The van der Waals surface area contributed by atoms with Crippen LogP contribution >= 0.6 is 0 Å². The van der Waals surface area contributed by atoms with Crippen LogP contribution in [0.15, 0.2) is 18.2 Å². The van der Waals surface area contributed by atoms with Gasteiger partial charge in [-0.05, 0) is 258 Å². The molecule has 1 aromatic carbocycles. The van der Waals surface area contributed by atoms with E-state index in [4.69, 9.17) is 0 Å². The Kier molecular flexibility index (Phi) is 7.14. The molecule has 0 heteroatoms. The topological polar surface area (TPSA) is 0 Å². The van der Waals surface area contributed by atoms with E-state index in [0.717, 1.165) is 160 Å². The molecule has 59 heavy (non-hydrogen) atoms. The van der Waals surface area contributed by atoms with Gasteiger partial charge < -0.3 is 0 Å². The molecule has 24 atom stereocenters. The van der Waals surface area contributed by atoms with Gasteiger partial charge in [-0.15, -0.1) is 0 Å². The first-order valence-corrected chi connectivity index (χ1v) is 27.5. The van der Waals surface area contributed by atoms with Gasteiger partial charge in [0.2, 0.25) is 0 Å². The van der Waals surface area contributed by atoms with Gasteiger partial charge in [-0.2, -0.15) is 0 Å². The normalized spacial score (nSPS) is 62.1. The van der Waals surface area contributed by atoms with Crippen LogP contribution in [0.3, 0.4) is 0 Å². The molecule has 0 radical (unpaired) electrons. The Morgan fingerprint density at radius 1 is 0.390 bits per heavy atom. The monoisotopic (exact) mass is 793 g/mol. The van der Waals surface area contributed by atoms with Crippen molar-refractivity contribution in [2.75, 3.05) is 0 Å². The Bertz CT molecular complexity index is 1810. The highest BCUT2D eigenvalue weighted by Crippen LogP contribution is 2.87. The molecule has 14 aliphatic rings. The van der Waals surface area contributed by atoms with Crippen LogP contribution in [0.4, 0.5) is 0 Å². The summed E-state index contributed by atoms with van der Waals surface area (Å²) in [7, 11) is 0. The van der Waals surface area contributed by atoms with E-state index in [-0.39, 0.29) is 10.8 Å². The lowest BCUT2D eigenvalue weighted by molar-refractivity contribution is -0.369. The third kappa shape index (κ3) is 4.14. The highest BCUT2D eigenvalue weighted by atomic mass is 14.9. The van der Waals surface area contributed by atoms with Crippen LogP contribution in [-0.4, -0.2) is 0 Å². The first kappa shape index (κ1) is 36.5. The first-order chi connectivity index (χ1) is 28.4. The minimum Gasteiger partial charge on any atom is -0.0622 e. The smallest absolute Gasteiger partial charge is 0.00494 e.